The summed E-state index contributed by atoms with van der Waals surface area (Å²) in [6.45, 7) is 3.44. The molecule has 0 unspecified atom stereocenters. The Hall–Kier alpha value is -1.50. The first-order chi connectivity index (χ1) is 15.8. The molecule has 0 saturated carbocycles. The molecule has 1 aromatic carbocycles. The zero-order chi connectivity index (χ0) is 25.1. The molecule has 2 aliphatic carbocycles. The molecule has 1 aromatic rings. The van der Waals surface area contributed by atoms with Crippen LogP contribution in [0.1, 0.15) is 37.8 Å². The summed E-state index contributed by atoms with van der Waals surface area (Å²) in [5, 5.41) is 10.3. The Morgan fingerprint density at radius 1 is 0.943 bits per heavy atom. The van der Waals surface area contributed by atoms with Crippen LogP contribution in [0.4, 0.5) is 0 Å². The largest absolute Gasteiger partial charge is 1.00 e. The first kappa shape index (κ1) is 29.7. The fourth-order valence-electron chi connectivity index (χ4n) is 3.70. The monoisotopic (exact) mass is 529 g/mol. The number of hydrogen-bond acceptors (Lipinski definition) is 7. The summed E-state index contributed by atoms with van der Waals surface area (Å²) in [4.78, 5) is -0.161. The summed E-state index contributed by atoms with van der Waals surface area (Å²) in [5.74, 6) is 0.559. The topological polar surface area (TPSA) is 133 Å². The molecule has 184 valence electrons. The fourth-order valence-corrected chi connectivity index (χ4v) is 5.50. The quantitative estimate of drug-likeness (QED) is 0.218. The Morgan fingerprint density at radius 2 is 1.54 bits per heavy atom. The van der Waals surface area contributed by atoms with Crippen LogP contribution in [0.5, 0.6) is 5.75 Å². The van der Waals surface area contributed by atoms with Crippen LogP contribution in [0.2, 0.25) is 0 Å². The molecule has 2 aliphatic rings. The van der Waals surface area contributed by atoms with Crippen molar-refractivity contribution >= 4 is 20.1 Å². The molecule has 3 rings (SSSR count). The Kier molecular flexibility index (Phi) is 9.94. The second-order valence-corrected chi connectivity index (χ2v) is 11.6. The number of methoxy groups -OCH3 is 1. The molecule has 0 fully saturated rings. The van der Waals surface area contributed by atoms with Gasteiger partial charge in [0, 0.05) is 6.54 Å². The van der Waals surface area contributed by atoms with Crippen LogP contribution in [0.15, 0.2) is 64.4 Å². The van der Waals surface area contributed by atoms with Crippen LogP contribution >= 0.6 is 0 Å². The van der Waals surface area contributed by atoms with Crippen LogP contribution in [0.3, 0.4) is 0 Å². The molecule has 0 saturated heterocycles. The van der Waals surface area contributed by atoms with Crippen LogP contribution < -0.4 is 39.0 Å². The molecule has 8 nitrogen and oxygen atoms in total. The summed E-state index contributed by atoms with van der Waals surface area (Å²) in [7, 11) is -6.85. The number of aliphatic hydroxyl groups is 1. The van der Waals surface area contributed by atoms with Crippen LogP contribution in [0, 0.1) is 0 Å². The van der Waals surface area contributed by atoms with Gasteiger partial charge >= 0.3 is 29.6 Å². The Balaban J connectivity index is 0.00000432. The van der Waals surface area contributed by atoms with E-state index in [2.05, 4.69) is 4.72 Å². The van der Waals surface area contributed by atoms with Gasteiger partial charge in [-0.15, -0.1) is 0 Å². The van der Waals surface area contributed by atoms with E-state index in [4.69, 9.17) is 4.74 Å². The number of aryl methyl sites for hydroxylation is 1. The SMILES string of the molecule is COc1ccc(S(=O)(=O)NCCCCc2cc(S(=O)(=O)[O-])c3ccc(C(C)(C)O)ccc2-3)cc1.[Na+]. The van der Waals surface area contributed by atoms with Gasteiger partial charge in [0.1, 0.15) is 15.9 Å². The van der Waals surface area contributed by atoms with Crippen molar-refractivity contribution in [1.29, 1.82) is 0 Å². The number of unbranched alkanes of at least 4 members (excludes halogenated alkanes) is 1. The standard InChI is InChI=1S/C24H29NO7S2.Na/c1-24(2,26)18-7-13-21-17(16-23(34(29,30)31)22(21)14-8-18)6-4-5-15-25-33(27,28)20-11-9-19(32-3)10-12-20;/h7-14,16,25-26H,4-6,15H2,1-3H3,(H,29,30,31);/q;+1/p-1. The summed E-state index contributed by atoms with van der Waals surface area (Å²) in [5.41, 5.74) is 1.05. The number of benzene rings is 1. The van der Waals surface area contributed by atoms with E-state index in [0.717, 1.165) is 0 Å². The number of rotatable bonds is 10. The summed E-state index contributed by atoms with van der Waals surface area (Å²) in [6, 6.07) is 14.0. The van der Waals surface area contributed by atoms with Crippen molar-refractivity contribution in [1.82, 2.24) is 4.72 Å². The van der Waals surface area contributed by atoms with Gasteiger partial charge in [-0.1, -0.05) is 24.3 Å². The van der Waals surface area contributed by atoms with E-state index in [9.17, 15) is 26.5 Å². The van der Waals surface area contributed by atoms with Crippen LogP contribution in [-0.2, 0) is 32.2 Å². The molecular formula is C24H28NNaO7S2. The van der Waals surface area contributed by atoms with Crippen molar-refractivity contribution < 1.29 is 60.8 Å². The second-order valence-electron chi connectivity index (χ2n) is 8.53. The molecule has 0 aromatic heterocycles. The van der Waals surface area contributed by atoms with Crippen LogP contribution in [0.25, 0.3) is 11.1 Å². The molecule has 11 heteroatoms. The van der Waals surface area contributed by atoms with Crippen molar-refractivity contribution in [2.75, 3.05) is 13.7 Å². The normalized spacial score (nSPS) is 12.4. The summed E-state index contributed by atoms with van der Waals surface area (Å²) in [6.07, 6.45) is 1.53. The molecule has 0 radical (unpaired) electrons. The third kappa shape index (κ3) is 7.50. The fraction of sp³-hybridized carbons (Fsp3) is 0.333. The van der Waals surface area contributed by atoms with E-state index in [1.165, 1.54) is 25.3 Å². The van der Waals surface area contributed by atoms with Crippen molar-refractivity contribution in [2.24, 2.45) is 0 Å². The van der Waals surface area contributed by atoms with Gasteiger partial charge in [0.15, 0.2) is 0 Å². The van der Waals surface area contributed by atoms with E-state index in [1.54, 1.807) is 50.2 Å². The van der Waals surface area contributed by atoms with E-state index < -0.39 is 25.7 Å². The van der Waals surface area contributed by atoms with Crippen molar-refractivity contribution in [2.45, 2.75) is 48.5 Å². The number of hydrogen-bond donors (Lipinski definition) is 2. The van der Waals surface area contributed by atoms with Gasteiger partial charge in [-0.05, 0) is 85.7 Å². The van der Waals surface area contributed by atoms with Gasteiger partial charge in [-0.25, -0.2) is 21.6 Å². The van der Waals surface area contributed by atoms with Crippen molar-refractivity contribution in [3.05, 3.63) is 65.7 Å². The molecule has 0 heterocycles. The summed E-state index contributed by atoms with van der Waals surface area (Å²) < 4.78 is 67.9. The maximum atomic E-state index is 12.4. The van der Waals surface area contributed by atoms with Gasteiger partial charge in [-0.2, -0.15) is 0 Å². The third-order valence-electron chi connectivity index (χ3n) is 5.58. The van der Waals surface area contributed by atoms with Crippen molar-refractivity contribution in [3.8, 4) is 16.9 Å². The van der Waals surface area contributed by atoms with E-state index >= 15 is 0 Å². The minimum Gasteiger partial charge on any atom is -0.744 e. The zero-order valence-electron chi connectivity index (χ0n) is 20.2. The number of sulfonamides is 1. The van der Waals surface area contributed by atoms with E-state index in [0.29, 0.717) is 47.3 Å². The first-order valence-corrected chi connectivity index (χ1v) is 13.6. The number of ether oxygens (including phenoxy) is 1. The molecular weight excluding hydrogens is 501 g/mol. The smallest absolute Gasteiger partial charge is 0.744 e. The zero-order valence-corrected chi connectivity index (χ0v) is 23.9. The predicted octanol–water partition coefficient (Wildman–Crippen LogP) is 0.237. The van der Waals surface area contributed by atoms with Gasteiger partial charge in [0.25, 0.3) is 0 Å². The molecule has 0 atom stereocenters. The minimum atomic E-state index is -4.69. The second kappa shape index (κ2) is 11.7. The number of fused-ring (bicyclic) bond motifs is 1. The average molecular weight is 530 g/mol. The van der Waals surface area contributed by atoms with Crippen LogP contribution in [-0.4, -0.2) is 40.1 Å². The van der Waals surface area contributed by atoms with Gasteiger partial charge in [0.2, 0.25) is 10.0 Å². The molecule has 0 amide bonds. The van der Waals surface area contributed by atoms with E-state index in [-0.39, 0.29) is 45.9 Å². The Bertz CT molecular complexity index is 1330. The van der Waals surface area contributed by atoms with Gasteiger partial charge in [-0.3, -0.25) is 0 Å². The summed E-state index contributed by atoms with van der Waals surface area (Å²) >= 11 is 0. The third-order valence-corrected chi connectivity index (χ3v) is 7.93. The molecule has 0 bridgehead atoms. The molecule has 2 N–H and O–H groups in total. The van der Waals surface area contributed by atoms with Crippen molar-refractivity contribution in [3.63, 3.8) is 0 Å². The Morgan fingerprint density at radius 3 is 2.09 bits per heavy atom. The van der Waals surface area contributed by atoms with Gasteiger partial charge < -0.3 is 14.4 Å². The van der Waals surface area contributed by atoms with E-state index in [1.807, 2.05) is 0 Å². The average Bonchev–Trinajstić information content (AvgIpc) is 2.95. The van der Waals surface area contributed by atoms with Gasteiger partial charge in [0.05, 0.1) is 22.5 Å². The molecule has 35 heavy (non-hydrogen) atoms. The predicted molar refractivity (Wildman–Crippen MR) is 127 cm³/mol. The molecule has 0 spiro atoms. The number of nitrogens with one attached hydrogen (secondary N) is 1. The maximum absolute atomic E-state index is 12.4. The Labute approximate surface area is 229 Å². The molecule has 0 aliphatic heterocycles. The minimum absolute atomic E-state index is 0. The maximum Gasteiger partial charge on any atom is 1.00 e. The first-order valence-electron chi connectivity index (χ1n) is 10.7.